The quantitative estimate of drug-likeness (QED) is 0.758. The molecule has 70 valence electrons. The Morgan fingerprint density at radius 2 is 2.15 bits per heavy atom. The Labute approximate surface area is 81.5 Å². The van der Waals surface area contributed by atoms with E-state index in [1.807, 2.05) is 0 Å². The van der Waals surface area contributed by atoms with Crippen molar-refractivity contribution in [2.75, 3.05) is 18.1 Å². The van der Waals surface area contributed by atoms with Crippen LogP contribution in [-0.2, 0) is 0 Å². The fraction of sp³-hybridized carbons (Fsp3) is 0.500. The maximum atomic E-state index is 5.88. The van der Waals surface area contributed by atoms with Gasteiger partial charge in [0.15, 0.2) is 5.82 Å². The Morgan fingerprint density at radius 3 is 2.69 bits per heavy atom. The van der Waals surface area contributed by atoms with Gasteiger partial charge in [0.05, 0.1) is 0 Å². The Balaban J connectivity index is 2.43. The molecule has 1 fully saturated rings. The number of halogens is 1. The third-order valence-electron chi connectivity index (χ3n) is 2.07. The number of nitrogens with zero attached hydrogens (tertiary/aromatic N) is 2. The van der Waals surface area contributed by atoms with Gasteiger partial charge in [-0.25, -0.2) is 9.97 Å². The van der Waals surface area contributed by atoms with Crippen molar-refractivity contribution < 1.29 is 0 Å². The Hall–Kier alpha value is -1.03. The first-order valence-corrected chi connectivity index (χ1v) is 4.61. The minimum Gasteiger partial charge on any atom is -0.382 e. The molecule has 0 aliphatic heterocycles. The van der Waals surface area contributed by atoms with E-state index < -0.39 is 0 Å². The molecule has 3 N–H and O–H groups in total. The second kappa shape index (κ2) is 3.03. The molecular weight excluding hydrogens is 188 g/mol. The fourth-order valence-corrected chi connectivity index (χ4v) is 1.35. The zero-order chi connectivity index (χ0) is 9.42. The lowest BCUT2D eigenvalue weighted by Crippen LogP contribution is -2.04. The molecule has 5 heteroatoms. The van der Waals surface area contributed by atoms with Gasteiger partial charge in [-0.1, -0.05) is 11.6 Å². The zero-order valence-electron chi connectivity index (χ0n) is 7.34. The molecule has 1 aliphatic carbocycles. The summed E-state index contributed by atoms with van der Waals surface area (Å²) < 4.78 is 0. The Morgan fingerprint density at radius 1 is 1.46 bits per heavy atom. The predicted molar refractivity (Wildman–Crippen MR) is 53.0 cm³/mol. The largest absolute Gasteiger partial charge is 0.382 e. The van der Waals surface area contributed by atoms with Gasteiger partial charge < -0.3 is 11.1 Å². The summed E-state index contributed by atoms with van der Waals surface area (Å²) >= 11 is 5.88. The monoisotopic (exact) mass is 198 g/mol. The maximum Gasteiger partial charge on any atom is 0.150 e. The van der Waals surface area contributed by atoms with Crippen LogP contribution in [0.3, 0.4) is 0 Å². The number of aromatic nitrogens is 2. The minimum atomic E-state index is 0.364. The molecule has 1 aliphatic rings. The van der Waals surface area contributed by atoms with Crippen molar-refractivity contribution in [3.8, 4) is 0 Å². The molecule has 0 spiro atoms. The standard InChI is InChI=1S/C8H11ClN4/c1-11-8-5(9)6(10)12-7(13-8)4-2-3-4/h4H,2-3H2,1H3,(H3,10,11,12,13). The first-order chi connectivity index (χ1) is 6.22. The van der Waals surface area contributed by atoms with Crippen molar-refractivity contribution >= 4 is 23.2 Å². The van der Waals surface area contributed by atoms with Crippen LogP contribution in [0, 0.1) is 0 Å². The molecular formula is C8H11ClN4. The molecule has 0 saturated heterocycles. The van der Waals surface area contributed by atoms with Crippen molar-refractivity contribution in [3.05, 3.63) is 10.8 Å². The molecule has 1 aromatic heterocycles. The van der Waals surface area contributed by atoms with E-state index in [1.165, 1.54) is 0 Å². The Bertz CT molecular complexity index is 335. The highest BCUT2D eigenvalue weighted by Gasteiger charge is 2.27. The molecule has 0 atom stereocenters. The smallest absolute Gasteiger partial charge is 0.150 e. The van der Waals surface area contributed by atoms with Crippen LogP contribution in [0.1, 0.15) is 24.6 Å². The van der Waals surface area contributed by atoms with Gasteiger partial charge in [-0.05, 0) is 12.8 Å². The van der Waals surface area contributed by atoms with Gasteiger partial charge in [-0.2, -0.15) is 0 Å². The number of hydrogen-bond acceptors (Lipinski definition) is 4. The van der Waals surface area contributed by atoms with E-state index in [2.05, 4.69) is 15.3 Å². The van der Waals surface area contributed by atoms with Crippen LogP contribution in [0.25, 0.3) is 0 Å². The first kappa shape index (κ1) is 8.56. The molecule has 0 radical (unpaired) electrons. The number of nitrogen functional groups attached to an aromatic ring is 1. The van der Waals surface area contributed by atoms with Gasteiger partial charge >= 0.3 is 0 Å². The van der Waals surface area contributed by atoms with E-state index in [0.717, 1.165) is 18.7 Å². The lowest BCUT2D eigenvalue weighted by atomic mass is 10.4. The predicted octanol–water partition coefficient (Wildman–Crippen LogP) is 1.63. The van der Waals surface area contributed by atoms with Crippen LogP contribution < -0.4 is 11.1 Å². The topological polar surface area (TPSA) is 63.8 Å². The van der Waals surface area contributed by atoms with Gasteiger partial charge in [0.2, 0.25) is 0 Å². The second-order valence-corrected chi connectivity index (χ2v) is 3.53. The molecule has 1 saturated carbocycles. The average Bonchev–Trinajstić information content (AvgIpc) is 2.92. The first-order valence-electron chi connectivity index (χ1n) is 4.23. The average molecular weight is 199 g/mol. The maximum absolute atomic E-state index is 5.88. The van der Waals surface area contributed by atoms with Crippen LogP contribution in [0.15, 0.2) is 0 Å². The van der Waals surface area contributed by atoms with Crippen LogP contribution in [0.4, 0.5) is 11.6 Å². The molecule has 1 aromatic rings. The number of anilines is 2. The normalized spacial score (nSPS) is 15.8. The van der Waals surface area contributed by atoms with Crippen LogP contribution in [0.5, 0.6) is 0 Å². The second-order valence-electron chi connectivity index (χ2n) is 3.15. The molecule has 13 heavy (non-hydrogen) atoms. The van der Waals surface area contributed by atoms with Crippen LogP contribution >= 0.6 is 11.6 Å². The highest BCUT2D eigenvalue weighted by Crippen LogP contribution is 2.39. The number of nitrogens with two attached hydrogens (primary N) is 1. The lowest BCUT2D eigenvalue weighted by molar-refractivity contribution is 0.934. The van der Waals surface area contributed by atoms with Gasteiger partial charge in [-0.15, -0.1) is 0 Å². The van der Waals surface area contributed by atoms with Crippen molar-refractivity contribution in [2.45, 2.75) is 18.8 Å². The van der Waals surface area contributed by atoms with Crippen molar-refractivity contribution in [1.82, 2.24) is 9.97 Å². The van der Waals surface area contributed by atoms with Gasteiger partial charge in [0.1, 0.15) is 16.7 Å². The summed E-state index contributed by atoms with van der Waals surface area (Å²) in [5.74, 6) is 2.29. The zero-order valence-corrected chi connectivity index (χ0v) is 8.10. The molecule has 0 amide bonds. The summed E-state index contributed by atoms with van der Waals surface area (Å²) in [7, 11) is 1.77. The van der Waals surface area contributed by atoms with Crippen molar-refractivity contribution in [1.29, 1.82) is 0 Å². The van der Waals surface area contributed by atoms with E-state index in [4.69, 9.17) is 17.3 Å². The van der Waals surface area contributed by atoms with E-state index >= 15 is 0 Å². The van der Waals surface area contributed by atoms with E-state index in [-0.39, 0.29) is 0 Å². The summed E-state index contributed by atoms with van der Waals surface area (Å²) in [5, 5.41) is 3.31. The van der Waals surface area contributed by atoms with Crippen LogP contribution in [-0.4, -0.2) is 17.0 Å². The molecule has 1 heterocycles. The molecule has 0 aromatic carbocycles. The molecule has 0 unspecified atom stereocenters. The summed E-state index contributed by atoms with van der Waals surface area (Å²) in [5.41, 5.74) is 5.64. The molecule has 2 rings (SSSR count). The highest BCUT2D eigenvalue weighted by atomic mass is 35.5. The van der Waals surface area contributed by atoms with Gasteiger partial charge in [-0.3, -0.25) is 0 Å². The minimum absolute atomic E-state index is 0.364. The van der Waals surface area contributed by atoms with Crippen molar-refractivity contribution in [2.24, 2.45) is 0 Å². The number of hydrogen-bond donors (Lipinski definition) is 2. The van der Waals surface area contributed by atoms with E-state index in [1.54, 1.807) is 7.05 Å². The third kappa shape index (κ3) is 1.54. The number of nitrogens with one attached hydrogen (secondary N) is 1. The third-order valence-corrected chi connectivity index (χ3v) is 2.45. The summed E-state index contributed by atoms with van der Waals surface area (Å²) in [6.45, 7) is 0. The van der Waals surface area contributed by atoms with E-state index in [0.29, 0.717) is 22.6 Å². The summed E-state index contributed by atoms with van der Waals surface area (Å²) in [6.07, 6.45) is 2.31. The molecule has 0 bridgehead atoms. The van der Waals surface area contributed by atoms with Gasteiger partial charge in [0.25, 0.3) is 0 Å². The number of rotatable bonds is 2. The summed E-state index contributed by atoms with van der Waals surface area (Å²) in [6, 6.07) is 0. The summed E-state index contributed by atoms with van der Waals surface area (Å²) in [4.78, 5) is 8.42. The fourth-order valence-electron chi connectivity index (χ4n) is 1.17. The lowest BCUT2D eigenvalue weighted by Gasteiger charge is -2.06. The van der Waals surface area contributed by atoms with Crippen molar-refractivity contribution in [3.63, 3.8) is 0 Å². The molecule has 4 nitrogen and oxygen atoms in total. The highest BCUT2D eigenvalue weighted by molar-refractivity contribution is 6.35. The van der Waals surface area contributed by atoms with Gasteiger partial charge in [0, 0.05) is 13.0 Å². The van der Waals surface area contributed by atoms with E-state index in [9.17, 15) is 0 Å². The Kier molecular flexibility index (Phi) is 2.00. The van der Waals surface area contributed by atoms with Crippen LogP contribution in [0.2, 0.25) is 5.02 Å². The SMILES string of the molecule is CNc1nc(C2CC2)nc(N)c1Cl.